The molecule has 25 heavy (non-hydrogen) atoms. The molecular formula is C21H27NO3. The van der Waals surface area contributed by atoms with Crippen molar-refractivity contribution in [3.05, 3.63) is 23.3 Å². The first-order chi connectivity index (χ1) is 12.0. The summed E-state index contributed by atoms with van der Waals surface area (Å²) in [4.78, 5) is 2.59. The van der Waals surface area contributed by atoms with Crippen LogP contribution in [0.4, 0.5) is 0 Å². The van der Waals surface area contributed by atoms with E-state index in [1.165, 1.54) is 18.4 Å². The van der Waals surface area contributed by atoms with Gasteiger partial charge in [0.25, 0.3) is 0 Å². The highest BCUT2D eigenvalue weighted by atomic mass is 16.5. The number of hydrogen-bond acceptors (Lipinski definition) is 4. The fraction of sp³-hybridized carbons (Fsp3) is 0.714. The minimum absolute atomic E-state index is 0.000764. The number of phenols is 1. The maximum absolute atomic E-state index is 12.1. The number of ether oxygens (including phenoxy) is 1. The van der Waals surface area contributed by atoms with Crippen molar-refractivity contribution in [2.75, 3.05) is 13.1 Å². The van der Waals surface area contributed by atoms with Crippen molar-refractivity contribution < 1.29 is 14.9 Å². The summed E-state index contributed by atoms with van der Waals surface area (Å²) in [6, 6.07) is 4.06. The summed E-state index contributed by atoms with van der Waals surface area (Å²) in [6.07, 6.45) is 6.39. The van der Waals surface area contributed by atoms with Gasteiger partial charge in [0.15, 0.2) is 11.5 Å². The Labute approximate surface area is 148 Å². The van der Waals surface area contributed by atoms with Gasteiger partial charge in [0.1, 0.15) is 6.10 Å². The zero-order valence-electron chi connectivity index (χ0n) is 14.9. The second-order valence-corrected chi connectivity index (χ2v) is 9.31. The van der Waals surface area contributed by atoms with E-state index in [4.69, 9.17) is 4.74 Å². The molecule has 1 spiro atoms. The summed E-state index contributed by atoms with van der Waals surface area (Å²) in [5, 5.41) is 22.6. The van der Waals surface area contributed by atoms with Gasteiger partial charge in [-0.3, -0.25) is 4.90 Å². The Balaban J connectivity index is 1.57. The van der Waals surface area contributed by atoms with Gasteiger partial charge in [0.05, 0.1) is 11.0 Å². The van der Waals surface area contributed by atoms with E-state index >= 15 is 0 Å². The standard InChI is InChI=1S/C21H27NO3/c1-12-6-7-21(24)16-10-14-4-5-15(23)18-17(14)20(21,19(12)25-18)8-9-22(16)11-13-2-3-13/h4-5,12-13,16,19,23-24H,2-3,6-11H2,1H3/t12-,16+,19-,20-,21+/m0/s1. The molecular weight excluding hydrogens is 314 g/mol. The Morgan fingerprint density at radius 2 is 2.08 bits per heavy atom. The molecule has 6 rings (SSSR count). The molecule has 4 heteroatoms. The summed E-state index contributed by atoms with van der Waals surface area (Å²) in [5.41, 5.74) is 1.40. The molecule has 1 aromatic carbocycles. The number of nitrogens with zero attached hydrogens (tertiary/aromatic N) is 1. The fourth-order valence-electron chi connectivity index (χ4n) is 6.73. The van der Waals surface area contributed by atoms with Gasteiger partial charge in [-0.2, -0.15) is 0 Å². The number of hydrogen-bond donors (Lipinski definition) is 2. The molecule has 4 nitrogen and oxygen atoms in total. The third kappa shape index (κ3) is 1.62. The SMILES string of the molecule is C[C@H]1CC[C@@]2(O)[C@H]3Cc4ccc(O)c5c4[C@@]2(CCN3CC2CC2)[C@H]1O5. The lowest BCUT2D eigenvalue weighted by Crippen LogP contribution is -2.76. The first-order valence-electron chi connectivity index (χ1n) is 10.0. The average Bonchev–Trinajstić information content (AvgIpc) is 3.32. The first-order valence-corrected chi connectivity index (χ1v) is 10.0. The molecule has 3 aliphatic carbocycles. The molecule has 1 saturated heterocycles. The van der Waals surface area contributed by atoms with Crippen LogP contribution in [-0.4, -0.2) is 45.9 Å². The van der Waals surface area contributed by atoms with Crippen LogP contribution in [0.15, 0.2) is 12.1 Å². The molecule has 0 unspecified atom stereocenters. The highest BCUT2D eigenvalue weighted by molar-refractivity contribution is 5.62. The quantitative estimate of drug-likeness (QED) is 0.868. The van der Waals surface area contributed by atoms with Crippen molar-refractivity contribution in [3.63, 3.8) is 0 Å². The molecule has 5 atom stereocenters. The number of phenolic OH excluding ortho intramolecular Hbond substituents is 1. The second-order valence-electron chi connectivity index (χ2n) is 9.31. The van der Waals surface area contributed by atoms with Gasteiger partial charge < -0.3 is 14.9 Å². The molecule has 2 N–H and O–H groups in total. The molecule has 0 amide bonds. The molecule has 2 aliphatic heterocycles. The van der Waals surface area contributed by atoms with Gasteiger partial charge in [0.2, 0.25) is 0 Å². The van der Waals surface area contributed by atoms with E-state index in [9.17, 15) is 10.2 Å². The molecule has 3 fully saturated rings. The van der Waals surface area contributed by atoms with E-state index in [1.54, 1.807) is 6.07 Å². The first kappa shape index (κ1) is 14.9. The summed E-state index contributed by atoms with van der Waals surface area (Å²) in [6.45, 7) is 4.44. The third-order valence-corrected chi connectivity index (χ3v) is 8.06. The van der Waals surface area contributed by atoms with Gasteiger partial charge in [-0.1, -0.05) is 13.0 Å². The number of rotatable bonds is 2. The van der Waals surface area contributed by atoms with Crippen LogP contribution in [0.2, 0.25) is 0 Å². The van der Waals surface area contributed by atoms with Crippen LogP contribution < -0.4 is 4.74 Å². The van der Waals surface area contributed by atoms with E-state index in [0.717, 1.165) is 50.3 Å². The normalized spacial score (nSPS) is 44.3. The van der Waals surface area contributed by atoms with Crippen molar-refractivity contribution in [2.24, 2.45) is 11.8 Å². The largest absolute Gasteiger partial charge is 0.504 e. The lowest BCUT2D eigenvalue weighted by Gasteiger charge is -2.64. The van der Waals surface area contributed by atoms with E-state index in [2.05, 4.69) is 17.9 Å². The van der Waals surface area contributed by atoms with Crippen molar-refractivity contribution in [1.82, 2.24) is 4.90 Å². The van der Waals surface area contributed by atoms with Crippen LogP contribution in [0.3, 0.4) is 0 Å². The van der Waals surface area contributed by atoms with E-state index in [-0.39, 0.29) is 23.3 Å². The van der Waals surface area contributed by atoms with Gasteiger partial charge in [0, 0.05) is 18.2 Å². The maximum Gasteiger partial charge on any atom is 0.165 e. The maximum atomic E-state index is 12.1. The van der Waals surface area contributed by atoms with E-state index in [0.29, 0.717) is 11.7 Å². The van der Waals surface area contributed by atoms with Crippen LogP contribution in [0, 0.1) is 11.8 Å². The van der Waals surface area contributed by atoms with Gasteiger partial charge >= 0.3 is 0 Å². The number of aliphatic hydroxyl groups is 1. The Morgan fingerprint density at radius 3 is 2.88 bits per heavy atom. The van der Waals surface area contributed by atoms with E-state index < -0.39 is 5.60 Å². The van der Waals surface area contributed by atoms with Crippen LogP contribution >= 0.6 is 0 Å². The third-order valence-electron chi connectivity index (χ3n) is 8.06. The van der Waals surface area contributed by atoms with E-state index in [1.807, 2.05) is 0 Å². The lowest BCUT2D eigenvalue weighted by atomic mass is 9.47. The Bertz CT molecular complexity index is 760. The summed E-state index contributed by atoms with van der Waals surface area (Å²) >= 11 is 0. The molecule has 1 aromatic rings. The highest BCUT2D eigenvalue weighted by Gasteiger charge is 2.72. The Morgan fingerprint density at radius 1 is 1.24 bits per heavy atom. The molecule has 2 bridgehead atoms. The summed E-state index contributed by atoms with van der Waals surface area (Å²) in [5.74, 6) is 2.17. The molecule has 5 aliphatic rings. The topological polar surface area (TPSA) is 52.9 Å². The summed E-state index contributed by atoms with van der Waals surface area (Å²) in [7, 11) is 0. The monoisotopic (exact) mass is 341 g/mol. The lowest BCUT2D eigenvalue weighted by molar-refractivity contribution is -0.196. The smallest absolute Gasteiger partial charge is 0.165 e. The number of aromatic hydroxyl groups is 1. The highest BCUT2D eigenvalue weighted by Crippen LogP contribution is 2.66. The molecule has 0 aromatic heterocycles. The zero-order chi connectivity index (χ0) is 17.0. The summed E-state index contributed by atoms with van der Waals surface area (Å²) < 4.78 is 6.39. The zero-order valence-corrected chi connectivity index (χ0v) is 14.9. The fourth-order valence-corrected chi connectivity index (χ4v) is 6.73. The van der Waals surface area contributed by atoms with Gasteiger partial charge in [-0.25, -0.2) is 0 Å². The van der Waals surface area contributed by atoms with Crippen LogP contribution in [0.1, 0.15) is 50.2 Å². The number of piperidine rings is 1. The number of benzene rings is 1. The van der Waals surface area contributed by atoms with Crippen molar-refractivity contribution >= 4 is 0 Å². The van der Waals surface area contributed by atoms with Crippen LogP contribution in [-0.2, 0) is 11.8 Å². The second kappa shape index (κ2) is 4.52. The molecule has 2 heterocycles. The number of likely N-dealkylation sites (tertiary alicyclic amines) is 1. The van der Waals surface area contributed by atoms with Crippen LogP contribution in [0.25, 0.3) is 0 Å². The molecule has 134 valence electrons. The van der Waals surface area contributed by atoms with Gasteiger partial charge in [-0.15, -0.1) is 0 Å². The Hall–Kier alpha value is -1.26. The minimum atomic E-state index is -0.719. The van der Waals surface area contributed by atoms with Crippen molar-refractivity contribution in [2.45, 2.75) is 68.6 Å². The Kier molecular flexibility index (Phi) is 2.69. The van der Waals surface area contributed by atoms with Crippen LogP contribution in [0.5, 0.6) is 11.5 Å². The average molecular weight is 341 g/mol. The van der Waals surface area contributed by atoms with Crippen molar-refractivity contribution in [3.8, 4) is 11.5 Å². The van der Waals surface area contributed by atoms with Crippen molar-refractivity contribution in [1.29, 1.82) is 0 Å². The molecule has 2 saturated carbocycles. The predicted octanol–water partition coefficient (Wildman–Crippen LogP) is 2.59. The van der Waals surface area contributed by atoms with Gasteiger partial charge in [-0.05, 0) is 68.5 Å². The minimum Gasteiger partial charge on any atom is -0.504 e. The predicted molar refractivity (Wildman–Crippen MR) is 94.0 cm³/mol. The molecule has 0 radical (unpaired) electrons.